The van der Waals surface area contributed by atoms with Crippen molar-refractivity contribution in [2.75, 3.05) is 5.32 Å². The summed E-state index contributed by atoms with van der Waals surface area (Å²) in [6, 6.07) is 7.06. The molecule has 3 rings (SSSR count). The summed E-state index contributed by atoms with van der Waals surface area (Å²) in [4.78, 5) is 20.4. The predicted molar refractivity (Wildman–Crippen MR) is 96.2 cm³/mol. The van der Waals surface area contributed by atoms with E-state index in [2.05, 4.69) is 20.4 Å². The highest BCUT2D eigenvalue weighted by Crippen LogP contribution is 2.34. The minimum atomic E-state index is -0.249. The Balaban J connectivity index is 2.05. The van der Waals surface area contributed by atoms with E-state index >= 15 is 0 Å². The summed E-state index contributed by atoms with van der Waals surface area (Å²) >= 11 is 6.17. The van der Waals surface area contributed by atoms with Crippen molar-refractivity contribution in [1.29, 1.82) is 0 Å². The van der Waals surface area contributed by atoms with Gasteiger partial charge in [0.2, 0.25) is 11.7 Å². The molecule has 126 valence electrons. The first-order valence-electron chi connectivity index (χ1n) is 7.57. The third-order valence-electron chi connectivity index (χ3n) is 3.44. The number of benzene rings is 1. The Bertz CT molecular complexity index is 936. The summed E-state index contributed by atoms with van der Waals surface area (Å²) in [7, 11) is 0. The minimum absolute atomic E-state index is 0.249. The summed E-state index contributed by atoms with van der Waals surface area (Å²) in [5, 5.41) is 7.32. The van der Waals surface area contributed by atoms with E-state index in [1.807, 2.05) is 13.0 Å². The topological polar surface area (TPSA) is 80.9 Å². The van der Waals surface area contributed by atoms with Gasteiger partial charge < -0.3 is 9.84 Å². The summed E-state index contributed by atoms with van der Waals surface area (Å²) in [6.45, 7) is 3.62. The zero-order valence-corrected chi connectivity index (χ0v) is 14.4. The standard InChI is InChI=1S/C18H15ClN4O2/c1-3-5-15(24)21-16-11(2)8-13(19)9-14(16)18-22-17(23-25-18)12-6-4-7-20-10-12/h3-10H,1-2H3,(H,21,24). The van der Waals surface area contributed by atoms with Crippen LogP contribution >= 0.6 is 11.6 Å². The molecule has 0 saturated carbocycles. The van der Waals surface area contributed by atoms with E-state index < -0.39 is 0 Å². The molecule has 2 aromatic heterocycles. The summed E-state index contributed by atoms with van der Waals surface area (Å²) in [5.41, 5.74) is 2.66. The molecule has 0 atom stereocenters. The molecule has 0 radical (unpaired) electrons. The number of rotatable bonds is 4. The van der Waals surface area contributed by atoms with Gasteiger partial charge in [-0.15, -0.1) is 0 Å². The van der Waals surface area contributed by atoms with Crippen LogP contribution in [0.3, 0.4) is 0 Å². The number of allylic oxidation sites excluding steroid dienone is 1. The maximum atomic E-state index is 12.0. The van der Waals surface area contributed by atoms with E-state index in [0.29, 0.717) is 22.1 Å². The monoisotopic (exact) mass is 354 g/mol. The van der Waals surface area contributed by atoms with Crippen LogP contribution in [-0.4, -0.2) is 21.0 Å². The van der Waals surface area contributed by atoms with Crippen molar-refractivity contribution in [3.05, 3.63) is 59.4 Å². The molecule has 7 heteroatoms. The van der Waals surface area contributed by atoms with E-state index in [0.717, 1.165) is 11.1 Å². The van der Waals surface area contributed by atoms with Crippen LogP contribution in [0.2, 0.25) is 5.02 Å². The molecule has 0 aliphatic heterocycles. The predicted octanol–water partition coefficient (Wildman–Crippen LogP) is 4.28. The molecular formula is C18H15ClN4O2. The fourth-order valence-electron chi connectivity index (χ4n) is 2.34. The van der Waals surface area contributed by atoms with Gasteiger partial charge in [-0.3, -0.25) is 9.78 Å². The molecule has 0 bridgehead atoms. The molecule has 0 aliphatic carbocycles. The van der Waals surface area contributed by atoms with Crippen molar-refractivity contribution in [2.24, 2.45) is 0 Å². The molecule has 0 spiro atoms. The highest BCUT2D eigenvalue weighted by molar-refractivity contribution is 6.31. The molecule has 6 nitrogen and oxygen atoms in total. The molecule has 25 heavy (non-hydrogen) atoms. The summed E-state index contributed by atoms with van der Waals surface area (Å²) < 4.78 is 5.38. The van der Waals surface area contributed by atoms with Crippen molar-refractivity contribution < 1.29 is 9.32 Å². The van der Waals surface area contributed by atoms with Gasteiger partial charge in [0.1, 0.15) is 0 Å². The molecule has 1 amide bonds. The second-order valence-corrected chi connectivity index (χ2v) is 5.74. The summed E-state index contributed by atoms with van der Waals surface area (Å²) in [5.74, 6) is 0.424. The first-order chi connectivity index (χ1) is 12.1. The van der Waals surface area contributed by atoms with Crippen molar-refractivity contribution in [3.8, 4) is 22.8 Å². The van der Waals surface area contributed by atoms with Crippen molar-refractivity contribution in [1.82, 2.24) is 15.1 Å². The van der Waals surface area contributed by atoms with E-state index in [4.69, 9.17) is 16.1 Å². The zero-order valence-electron chi connectivity index (χ0n) is 13.7. The Morgan fingerprint density at radius 2 is 2.20 bits per heavy atom. The van der Waals surface area contributed by atoms with Gasteiger partial charge in [0.05, 0.1) is 11.3 Å². The normalized spacial score (nSPS) is 11.0. The van der Waals surface area contributed by atoms with E-state index in [9.17, 15) is 4.79 Å². The fourth-order valence-corrected chi connectivity index (χ4v) is 2.61. The Labute approximate surface area is 149 Å². The molecule has 0 saturated heterocycles. The van der Waals surface area contributed by atoms with Crippen LogP contribution in [0.15, 0.2) is 53.3 Å². The Morgan fingerprint density at radius 3 is 2.92 bits per heavy atom. The van der Waals surface area contributed by atoms with Gasteiger partial charge in [0, 0.05) is 23.0 Å². The number of amides is 1. The third kappa shape index (κ3) is 3.75. The number of hydrogen-bond acceptors (Lipinski definition) is 5. The number of halogens is 1. The molecule has 0 unspecified atom stereocenters. The largest absolute Gasteiger partial charge is 0.334 e. The molecular weight excluding hydrogens is 340 g/mol. The van der Waals surface area contributed by atoms with Gasteiger partial charge in [-0.25, -0.2) is 0 Å². The number of nitrogens with zero attached hydrogens (tertiary/aromatic N) is 3. The Morgan fingerprint density at radius 1 is 1.36 bits per heavy atom. The number of nitrogens with one attached hydrogen (secondary N) is 1. The lowest BCUT2D eigenvalue weighted by Gasteiger charge is -2.11. The molecule has 0 aliphatic rings. The quantitative estimate of drug-likeness (QED) is 0.707. The minimum Gasteiger partial charge on any atom is -0.334 e. The molecule has 3 aromatic rings. The average molecular weight is 355 g/mol. The van der Waals surface area contributed by atoms with Crippen LogP contribution in [0.25, 0.3) is 22.8 Å². The van der Waals surface area contributed by atoms with Crippen molar-refractivity contribution in [3.63, 3.8) is 0 Å². The number of aryl methyl sites for hydroxylation is 1. The molecule has 1 aromatic carbocycles. The highest BCUT2D eigenvalue weighted by Gasteiger charge is 2.18. The Hall–Kier alpha value is -2.99. The van der Waals surface area contributed by atoms with Crippen molar-refractivity contribution in [2.45, 2.75) is 13.8 Å². The maximum Gasteiger partial charge on any atom is 0.260 e. The fraction of sp³-hybridized carbons (Fsp3) is 0.111. The lowest BCUT2D eigenvalue weighted by molar-refractivity contribution is -0.111. The lowest BCUT2D eigenvalue weighted by Crippen LogP contribution is -2.10. The smallest absolute Gasteiger partial charge is 0.260 e. The first kappa shape index (κ1) is 16.9. The van der Waals surface area contributed by atoms with E-state index in [1.54, 1.807) is 43.6 Å². The van der Waals surface area contributed by atoms with Crippen LogP contribution in [0, 0.1) is 6.92 Å². The number of carbonyl (C=O) groups is 1. The maximum absolute atomic E-state index is 12.0. The summed E-state index contributed by atoms with van der Waals surface area (Å²) in [6.07, 6.45) is 6.41. The molecule has 2 heterocycles. The number of pyridine rings is 1. The van der Waals surface area contributed by atoms with Crippen LogP contribution < -0.4 is 5.32 Å². The van der Waals surface area contributed by atoms with Gasteiger partial charge >= 0.3 is 0 Å². The van der Waals surface area contributed by atoms with Crippen molar-refractivity contribution >= 4 is 23.2 Å². The zero-order chi connectivity index (χ0) is 17.8. The van der Waals surface area contributed by atoms with Gasteiger partial charge in [-0.05, 0) is 49.8 Å². The van der Waals surface area contributed by atoms with E-state index in [-0.39, 0.29) is 11.8 Å². The second kappa shape index (κ2) is 7.27. The number of aromatic nitrogens is 3. The third-order valence-corrected chi connectivity index (χ3v) is 3.66. The van der Waals surface area contributed by atoms with Gasteiger partial charge in [-0.1, -0.05) is 22.8 Å². The molecule has 0 fully saturated rings. The lowest BCUT2D eigenvalue weighted by atomic mass is 10.1. The number of carbonyl (C=O) groups excluding carboxylic acids is 1. The number of anilines is 1. The SMILES string of the molecule is CC=CC(=O)Nc1c(C)cc(Cl)cc1-c1nc(-c2cccnc2)no1. The highest BCUT2D eigenvalue weighted by atomic mass is 35.5. The van der Waals surface area contributed by atoms with Gasteiger partial charge in [0.15, 0.2) is 0 Å². The van der Waals surface area contributed by atoms with Crippen LogP contribution in [-0.2, 0) is 4.79 Å². The molecule has 1 N–H and O–H groups in total. The van der Waals surface area contributed by atoms with Crippen LogP contribution in [0.4, 0.5) is 5.69 Å². The number of hydrogen-bond donors (Lipinski definition) is 1. The van der Waals surface area contributed by atoms with Gasteiger partial charge in [0.25, 0.3) is 5.89 Å². The average Bonchev–Trinajstić information content (AvgIpc) is 3.08. The van der Waals surface area contributed by atoms with E-state index in [1.165, 1.54) is 6.08 Å². The van der Waals surface area contributed by atoms with Crippen LogP contribution in [0.5, 0.6) is 0 Å². The first-order valence-corrected chi connectivity index (χ1v) is 7.94. The Kier molecular flexibility index (Phi) is 4.90. The van der Waals surface area contributed by atoms with Gasteiger partial charge in [-0.2, -0.15) is 4.98 Å². The van der Waals surface area contributed by atoms with Crippen LogP contribution in [0.1, 0.15) is 12.5 Å². The second-order valence-electron chi connectivity index (χ2n) is 5.30.